The quantitative estimate of drug-likeness (QED) is 0.574. The average molecular weight is 397 g/mol. The lowest BCUT2D eigenvalue weighted by molar-refractivity contribution is -0.136. The van der Waals surface area contributed by atoms with Crippen molar-refractivity contribution < 1.29 is 9.90 Å². The molecule has 5 heteroatoms. The molecule has 126 valence electrons. The molecule has 0 saturated heterocycles. The van der Waals surface area contributed by atoms with Gasteiger partial charge in [0.1, 0.15) is 0 Å². The summed E-state index contributed by atoms with van der Waals surface area (Å²) in [6.07, 6.45) is 0. The highest BCUT2D eigenvalue weighted by Gasteiger charge is 2.39. The van der Waals surface area contributed by atoms with Crippen molar-refractivity contribution in [3.8, 4) is 0 Å². The zero-order valence-electron chi connectivity index (χ0n) is 13.3. The molecule has 0 fully saturated rings. The number of hydrazine groups is 1. The van der Waals surface area contributed by atoms with E-state index in [0.29, 0.717) is 16.8 Å². The molecule has 3 rings (SSSR count). The van der Waals surface area contributed by atoms with Crippen LogP contribution in [0.25, 0.3) is 0 Å². The van der Waals surface area contributed by atoms with Crippen LogP contribution in [0.5, 0.6) is 0 Å². The summed E-state index contributed by atoms with van der Waals surface area (Å²) in [5.74, 6) is -0.562. The third-order valence-electron chi connectivity index (χ3n) is 3.88. The van der Waals surface area contributed by atoms with Gasteiger partial charge in [-0.25, -0.2) is 0 Å². The summed E-state index contributed by atoms with van der Waals surface area (Å²) in [7, 11) is 0. The molecule has 25 heavy (non-hydrogen) atoms. The van der Waals surface area contributed by atoms with Crippen LogP contribution >= 0.6 is 15.9 Å². The molecule has 0 saturated carbocycles. The number of carbonyl (C=O) groups excluding carboxylic acids is 1. The van der Waals surface area contributed by atoms with Gasteiger partial charge in [0, 0.05) is 4.47 Å². The molecule has 0 radical (unpaired) electrons. The normalized spacial score (nSPS) is 11.0. The van der Waals surface area contributed by atoms with Crippen LogP contribution in [0, 0.1) is 0 Å². The Hall–Kier alpha value is -2.63. The number of carbonyl (C=O) groups is 1. The number of halogens is 1. The molecule has 3 aromatic rings. The van der Waals surface area contributed by atoms with E-state index in [9.17, 15) is 9.90 Å². The topological polar surface area (TPSA) is 61.4 Å². The van der Waals surface area contributed by atoms with Crippen molar-refractivity contribution in [2.75, 3.05) is 5.43 Å². The first-order chi connectivity index (χ1) is 12.1. The molecule has 4 nitrogen and oxygen atoms in total. The van der Waals surface area contributed by atoms with Crippen LogP contribution in [0.1, 0.15) is 11.1 Å². The number of anilines is 1. The first kappa shape index (κ1) is 17.2. The standard InChI is InChI=1S/C20H17BrN2O2/c21-17-11-13-18(14-12-17)22-23-19(24)20(25,15-7-3-1-4-8-15)16-9-5-2-6-10-16/h1-14,22,25H,(H,23,24). The number of aliphatic hydroxyl groups is 1. The Morgan fingerprint density at radius 3 is 1.76 bits per heavy atom. The lowest BCUT2D eigenvalue weighted by atomic mass is 9.85. The van der Waals surface area contributed by atoms with Crippen molar-refractivity contribution in [1.82, 2.24) is 5.43 Å². The lowest BCUT2D eigenvalue weighted by Gasteiger charge is -2.28. The van der Waals surface area contributed by atoms with Crippen molar-refractivity contribution in [2.45, 2.75) is 5.60 Å². The van der Waals surface area contributed by atoms with Crippen LogP contribution in [0.3, 0.4) is 0 Å². The summed E-state index contributed by atoms with van der Waals surface area (Å²) >= 11 is 3.36. The van der Waals surface area contributed by atoms with Crippen LogP contribution in [0.15, 0.2) is 89.4 Å². The number of hydrogen-bond donors (Lipinski definition) is 3. The van der Waals surface area contributed by atoms with Crippen molar-refractivity contribution in [2.24, 2.45) is 0 Å². The van der Waals surface area contributed by atoms with Crippen molar-refractivity contribution in [1.29, 1.82) is 0 Å². The fourth-order valence-electron chi connectivity index (χ4n) is 2.54. The van der Waals surface area contributed by atoms with Crippen molar-refractivity contribution >= 4 is 27.5 Å². The van der Waals surface area contributed by atoms with Crippen LogP contribution in [0.4, 0.5) is 5.69 Å². The molecule has 0 unspecified atom stereocenters. The second-order valence-electron chi connectivity index (χ2n) is 5.53. The molecule has 0 aliphatic rings. The molecule has 0 spiro atoms. The summed E-state index contributed by atoms with van der Waals surface area (Å²) in [5.41, 5.74) is 5.34. The molecule has 3 aromatic carbocycles. The van der Waals surface area contributed by atoms with Gasteiger partial charge in [0.25, 0.3) is 5.91 Å². The summed E-state index contributed by atoms with van der Waals surface area (Å²) in [6.45, 7) is 0. The summed E-state index contributed by atoms with van der Waals surface area (Å²) in [6, 6.07) is 25.1. The van der Waals surface area contributed by atoms with Crippen LogP contribution in [-0.4, -0.2) is 11.0 Å². The molecule has 0 atom stereocenters. The molecule has 0 bridgehead atoms. The van der Waals surface area contributed by atoms with Gasteiger partial charge < -0.3 is 5.11 Å². The molecule has 0 aliphatic carbocycles. The van der Waals surface area contributed by atoms with E-state index in [-0.39, 0.29) is 0 Å². The zero-order chi connectivity index (χ0) is 17.7. The maximum Gasteiger partial charge on any atom is 0.279 e. The number of hydrogen-bond acceptors (Lipinski definition) is 3. The van der Waals surface area contributed by atoms with Crippen molar-refractivity contribution in [3.05, 3.63) is 101 Å². The lowest BCUT2D eigenvalue weighted by Crippen LogP contribution is -2.47. The Labute approximate surface area is 154 Å². The molecule has 1 amide bonds. The van der Waals surface area contributed by atoms with Gasteiger partial charge in [-0.05, 0) is 35.4 Å². The number of amides is 1. The Morgan fingerprint density at radius 1 is 0.800 bits per heavy atom. The first-order valence-electron chi connectivity index (χ1n) is 7.76. The summed E-state index contributed by atoms with van der Waals surface area (Å²) < 4.78 is 0.939. The fourth-order valence-corrected chi connectivity index (χ4v) is 2.80. The summed E-state index contributed by atoms with van der Waals surface area (Å²) in [5, 5.41) is 11.3. The van der Waals surface area contributed by atoms with Gasteiger partial charge in [0.2, 0.25) is 0 Å². The fraction of sp³-hybridized carbons (Fsp3) is 0.0500. The monoisotopic (exact) mass is 396 g/mol. The van der Waals surface area contributed by atoms with E-state index >= 15 is 0 Å². The second-order valence-corrected chi connectivity index (χ2v) is 6.44. The Balaban J connectivity index is 1.89. The van der Waals surface area contributed by atoms with E-state index in [4.69, 9.17) is 0 Å². The average Bonchev–Trinajstić information content (AvgIpc) is 2.68. The van der Waals surface area contributed by atoms with Gasteiger partial charge in [-0.15, -0.1) is 0 Å². The minimum absolute atomic E-state index is 0.497. The molecule has 3 N–H and O–H groups in total. The molecular formula is C20H17BrN2O2. The van der Waals surface area contributed by atoms with Gasteiger partial charge in [-0.3, -0.25) is 15.6 Å². The van der Waals surface area contributed by atoms with E-state index in [1.165, 1.54) is 0 Å². The maximum absolute atomic E-state index is 12.9. The van der Waals surface area contributed by atoms with Crippen LogP contribution < -0.4 is 10.9 Å². The number of nitrogens with one attached hydrogen (secondary N) is 2. The smallest absolute Gasteiger partial charge is 0.279 e. The van der Waals surface area contributed by atoms with Crippen LogP contribution in [0.2, 0.25) is 0 Å². The van der Waals surface area contributed by atoms with E-state index in [1.807, 2.05) is 36.4 Å². The van der Waals surface area contributed by atoms with Crippen molar-refractivity contribution in [3.63, 3.8) is 0 Å². The van der Waals surface area contributed by atoms with Gasteiger partial charge in [-0.2, -0.15) is 0 Å². The zero-order valence-corrected chi connectivity index (χ0v) is 14.9. The molecular weight excluding hydrogens is 380 g/mol. The van der Waals surface area contributed by atoms with Gasteiger partial charge >= 0.3 is 0 Å². The van der Waals surface area contributed by atoms with E-state index < -0.39 is 11.5 Å². The third kappa shape index (κ3) is 3.73. The van der Waals surface area contributed by atoms with Crippen LogP contribution in [-0.2, 0) is 10.4 Å². The highest BCUT2D eigenvalue weighted by atomic mass is 79.9. The van der Waals surface area contributed by atoms with Gasteiger partial charge in [0.05, 0.1) is 5.69 Å². The van der Waals surface area contributed by atoms with Gasteiger partial charge in [0.15, 0.2) is 5.60 Å². The molecule has 0 aromatic heterocycles. The minimum atomic E-state index is -1.80. The minimum Gasteiger partial charge on any atom is -0.372 e. The Bertz CT molecular complexity index is 797. The van der Waals surface area contributed by atoms with Gasteiger partial charge in [-0.1, -0.05) is 76.6 Å². The van der Waals surface area contributed by atoms with E-state index in [2.05, 4.69) is 26.8 Å². The largest absolute Gasteiger partial charge is 0.372 e. The first-order valence-corrected chi connectivity index (χ1v) is 8.55. The predicted octanol–water partition coefficient (Wildman–Crippen LogP) is 3.83. The number of benzene rings is 3. The highest BCUT2D eigenvalue weighted by molar-refractivity contribution is 9.10. The summed E-state index contributed by atoms with van der Waals surface area (Å²) in [4.78, 5) is 12.9. The Morgan fingerprint density at radius 2 is 1.28 bits per heavy atom. The Kier molecular flexibility index (Phi) is 5.16. The second kappa shape index (κ2) is 7.51. The highest BCUT2D eigenvalue weighted by Crippen LogP contribution is 2.29. The third-order valence-corrected chi connectivity index (χ3v) is 4.40. The molecule has 0 heterocycles. The van der Waals surface area contributed by atoms with E-state index in [0.717, 1.165) is 4.47 Å². The number of rotatable bonds is 5. The SMILES string of the molecule is O=C(NNc1ccc(Br)cc1)C(O)(c1ccccc1)c1ccccc1. The predicted molar refractivity (Wildman–Crippen MR) is 102 cm³/mol. The maximum atomic E-state index is 12.9. The molecule has 0 aliphatic heterocycles. The van der Waals surface area contributed by atoms with E-state index in [1.54, 1.807) is 48.5 Å².